The molecule has 2 rings (SSSR count). The molecule has 1 aromatic rings. The molecule has 0 aliphatic carbocycles. The van der Waals surface area contributed by atoms with E-state index in [0.29, 0.717) is 12.8 Å². The lowest BCUT2D eigenvalue weighted by Crippen LogP contribution is -2.45. The number of carbonyl (C=O) groups excluding carboxylic acids is 2. The van der Waals surface area contributed by atoms with Gasteiger partial charge in [-0.05, 0) is 25.8 Å². The van der Waals surface area contributed by atoms with E-state index >= 15 is 0 Å². The molecule has 2 amide bonds. The van der Waals surface area contributed by atoms with Gasteiger partial charge in [0.15, 0.2) is 0 Å². The Morgan fingerprint density at radius 3 is 2.56 bits per heavy atom. The molecule has 4 nitrogen and oxygen atoms in total. The average molecular weight is 247 g/mol. The van der Waals surface area contributed by atoms with Crippen molar-refractivity contribution in [2.75, 3.05) is 0 Å². The molecule has 1 saturated heterocycles. The van der Waals surface area contributed by atoms with Crippen LogP contribution in [0.25, 0.3) is 0 Å². The van der Waals surface area contributed by atoms with Crippen LogP contribution < -0.4 is 0 Å². The van der Waals surface area contributed by atoms with E-state index in [0.717, 1.165) is 5.56 Å². The van der Waals surface area contributed by atoms with Crippen molar-refractivity contribution in [3.05, 3.63) is 35.9 Å². The number of nitrogens with zero attached hydrogens (tertiary/aromatic N) is 1. The Hall–Kier alpha value is -1.84. The number of benzene rings is 1. The molecule has 0 N–H and O–H groups in total. The van der Waals surface area contributed by atoms with Crippen molar-refractivity contribution in [2.45, 2.75) is 38.8 Å². The molecule has 1 heterocycles. The zero-order valence-electron chi connectivity index (χ0n) is 10.7. The van der Waals surface area contributed by atoms with Gasteiger partial charge in [0.1, 0.15) is 6.61 Å². The Labute approximate surface area is 107 Å². The summed E-state index contributed by atoms with van der Waals surface area (Å²) in [5, 5.41) is 0. The van der Waals surface area contributed by atoms with Crippen molar-refractivity contribution < 1.29 is 14.3 Å². The second-order valence-electron chi connectivity index (χ2n) is 5.08. The summed E-state index contributed by atoms with van der Waals surface area (Å²) < 4.78 is 5.18. The third-order valence-corrected chi connectivity index (χ3v) is 3.19. The molecule has 4 heteroatoms. The fraction of sp³-hybridized carbons (Fsp3) is 0.429. The monoisotopic (exact) mass is 247 g/mol. The van der Waals surface area contributed by atoms with Gasteiger partial charge in [-0.1, -0.05) is 30.3 Å². The molecular formula is C14H17NO3. The van der Waals surface area contributed by atoms with E-state index in [2.05, 4.69) is 0 Å². The predicted molar refractivity (Wildman–Crippen MR) is 66.8 cm³/mol. The van der Waals surface area contributed by atoms with Gasteiger partial charge < -0.3 is 4.74 Å². The third kappa shape index (κ3) is 2.53. The highest BCUT2D eigenvalue weighted by molar-refractivity contribution is 5.94. The lowest BCUT2D eigenvalue weighted by Gasteiger charge is -2.28. The molecule has 0 bridgehead atoms. The van der Waals surface area contributed by atoms with Crippen molar-refractivity contribution in [3.8, 4) is 0 Å². The van der Waals surface area contributed by atoms with Crippen molar-refractivity contribution in [1.29, 1.82) is 0 Å². The summed E-state index contributed by atoms with van der Waals surface area (Å²) in [4.78, 5) is 24.8. The molecule has 18 heavy (non-hydrogen) atoms. The van der Waals surface area contributed by atoms with E-state index in [1.54, 1.807) is 0 Å². The van der Waals surface area contributed by atoms with Gasteiger partial charge in [-0.3, -0.25) is 4.79 Å². The maximum atomic E-state index is 11.9. The number of hydrogen-bond donors (Lipinski definition) is 0. The summed E-state index contributed by atoms with van der Waals surface area (Å²) in [6.45, 7) is 3.95. The standard InChI is InChI=1S/C14H17NO3/c1-14(2)9-8-12(16)15(14)13(17)18-10-11-6-4-3-5-7-11/h3-7H,8-10H2,1-2H3. The number of likely N-dealkylation sites (tertiary alicyclic amines) is 1. The first kappa shape index (κ1) is 12.6. The number of ether oxygens (including phenoxy) is 1. The fourth-order valence-electron chi connectivity index (χ4n) is 2.11. The quantitative estimate of drug-likeness (QED) is 0.807. The Kier molecular flexibility index (Phi) is 3.36. The largest absolute Gasteiger partial charge is 0.444 e. The van der Waals surface area contributed by atoms with E-state index in [9.17, 15) is 9.59 Å². The highest BCUT2D eigenvalue weighted by Crippen LogP contribution is 2.30. The van der Waals surface area contributed by atoms with Crippen molar-refractivity contribution in [3.63, 3.8) is 0 Å². The summed E-state index contributed by atoms with van der Waals surface area (Å²) >= 11 is 0. The van der Waals surface area contributed by atoms with Gasteiger partial charge in [0.2, 0.25) is 5.91 Å². The molecule has 1 aliphatic rings. The number of hydrogen-bond acceptors (Lipinski definition) is 3. The maximum absolute atomic E-state index is 11.9. The number of imide groups is 1. The molecule has 0 aromatic heterocycles. The Morgan fingerprint density at radius 1 is 1.33 bits per heavy atom. The zero-order valence-corrected chi connectivity index (χ0v) is 10.7. The SMILES string of the molecule is CC1(C)CCC(=O)N1C(=O)OCc1ccccc1. The van der Waals surface area contributed by atoms with Crippen LogP contribution in [0.5, 0.6) is 0 Å². The van der Waals surface area contributed by atoms with E-state index < -0.39 is 11.6 Å². The molecule has 0 radical (unpaired) electrons. The van der Waals surface area contributed by atoms with Crippen LogP contribution >= 0.6 is 0 Å². The molecule has 1 aliphatic heterocycles. The van der Waals surface area contributed by atoms with Crippen LogP contribution in [0, 0.1) is 0 Å². The Bertz CT molecular complexity index is 453. The fourth-order valence-corrected chi connectivity index (χ4v) is 2.11. The highest BCUT2D eigenvalue weighted by atomic mass is 16.6. The van der Waals surface area contributed by atoms with Crippen LogP contribution in [-0.2, 0) is 16.1 Å². The number of carbonyl (C=O) groups is 2. The highest BCUT2D eigenvalue weighted by Gasteiger charge is 2.42. The van der Waals surface area contributed by atoms with Crippen LogP contribution in [-0.4, -0.2) is 22.4 Å². The molecule has 0 saturated carbocycles. The Morgan fingerprint density at radius 2 is 2.00 bits per heavy atom. The summed E-state index contributed by atoms with van der Waals surface area (Å²) in [6.07, 6.45) is 0.547. The first-order chi connectivity index (χ1) is 8.50. The second kappa shape index (κ2) is 4.80. The van der Waals surface area contributed by atoms with E-state index in [-0.39, 0.29) is 12.5 Å². The number of amides is 2. The molecule has 0 atom stereocenters. The summed E-state index contributed by atoms with van der Waals surface area (Å²) in [7, 11) is 0. The second-order valence-corrected chi connectivity index (χ2v) is 5.08. The molecular weight excluding hydrogens is 230 g/mol. The third-order valence-electron chi connectivity index (χ3n) is 3.19. The van der Waals surface area contributed by atoms with Gasteiger partial charge in [-0.15, -0.1) is 0 Å². The first-order valence-corrected chi connectivity index (χ1v) is 6.04. The minimum Gasteiger partial charge on any atom is -0.444 e. The minimum atomic E-state index is -0.550. The Balaban J connectivity index is 1.98. The van der Waals surface area contributed by atoms with Crippen LogP contribution in [0.1, 0.15) is 32.3 Å². The van der Waals surface area contributed by atoms with Crippen molar-refractivity contribution in [1.82, 2.24) is 4.90 Å². The normalized spacial score (nSPS) is 17.9. The number of rotatable bonds is 2. The zero-order chi connectivity index (χ0) is 13.2. The van der Waals surface area contributed by atoms with Gasteiger partial charge in [0, 0.05) is 12.0 Å². The van der Waals surface area contributed by atoms with Gasteiger partial charge in [-0.25, -0.2) is 9.69 Å². The van der Waals surface area contributed by atoms with Crippen molar-refractivity contribution >= 4 is 12.0 Å². The molecule has 0 unspecified atom stereocenters. The maximum Gasteiger partial charge on any atom is 0.417 e. The molecule has 0 spiro atoms. The lowest BCUT2D eigenvalue weighted by atomic mass is 10.0. The van der Waals surface area contributed by atoms with Gasteiger partial charge >= 0.3 is 6.09 Å². The smallest absolute Gasteiger partial charge is 0.417 e. The van der Waals surface area contributed by atoms with Gasteiger partial charge in [0.05, 0.1) is 0 Å². The summed E-state index contributed by atoms with van der Waals surface area (Å²) in [5.74, 6) is -0.155. The van der Waals surface area contributed by atoms with Gasteiger partial charge in [-0.2, -0.15) is 0 Å². The summed E-state index contributed by atoms with van der Waals surface area (Å²) in [5.41, 5.74) is 0.473. The topological polar surface area (TPSA) is 46.6 Å². The van der Waals surface area contributed by atoms with E-state index in [1.807, 2.05) is 44.2 Å². The van der Waals surface area contributed by atoms with Crippen LogP contribution in [0.4, 0.5) is 4.79 Å². The van der Waals surface area contributed by atoms with Crippen LogP contribution in [0.3, 0.4) is 0 Å². The first-order valence-electron chi connectivity index (χ1n) is 6.04. The summed E-state index contributed by atoms with van der Waals surface area (Å²) in [6, 6.07) is 9.43. The minimum absolute atomic E-state index is 0.155. The van der Waals surface area contributed by atoms with Crippen LogP contribution in [0.2, 0.25) is 0 Å². The molecule has 1 fully saturated rings. The van der Waals surface area contributed by atoms with Crippen molar-refractivity contribution in [2.24, 2.45) is 0 Å². The average Bonchev–Trinajstić information content (AvgIpc) is 2.62. The predicted octanol–water partition coefficient (Wildman–Crippen LogP) is 2.72. The lowest BCUT2D eigenvalue weighted by molar-refractivity contribution is -0.128. The van der Waals surface area contributed by atoms with E-state index in [1.165, 1.54) is 4.90 Å². The van der Waals surface area contributed by atoms with Crippen LogP contribution in [0.15, 0.2) is 30.3 Å². The molecule has 1 aromatic carbocycles. The van der Waals surface area contributed by atoms with E-state index in [4.69, 9.17) is 4.74 Å². The molecule has 96 valence electrons. The van der Waals surface area contributed by atoms with Gasteiger partial charge in [0.25, 0.3) is 0 Å².